The number of likely N-dealkylation sites (N-methyl/N-ethyl adjacent to an activating group) is 1. The summed E-state index contributed by atoms with van der Waals surface area (Å²) < 4.78 is 1.77. The van der Waals surface area contributed by atoms with Crippen LogP contribution in [0.5, 0.6) is 0 Å². The molecule has 2 aliphatic rings. The summed E-state index contributed by atoms with van der Waals surface area (Å²) in [6, 6.07) is 4.62. The molecule has 4 rings (SSSR count). The van der Waals surface area contributed by atoms with Crippen LogP contribution in [0.25, 0.3) is 5.65 Å². The molecule has 2 saturated heterocycles. The Labute approximate surface area is 147 Å². The first kappa shape index (κ1) is 16.3. The maximum atomic E-state index is 12.6. The van der Waals surface area contributed by atoms with Gasteiger partial charge in [0.05, 0.1) is 6.04 Å². The molecule has 8 heteroatoms. The van der Waals surface area contributed by atoms with Crippen molar-refractivity contribution >= 4 is 17.4 Å². The number of fused-ring (bicyclic) bond motifs is 1. The average molecular weight is 343 g/mol. The molecule has 0 aromatic carbocycles. The van der Waals surface area contributed by atoms with Gasteiger partial charge in [-0.25, -0.2) is 0 Å². The topological polar surface area (TPSA) is 69.9 Å². The van der Waals surface area contributed by atoms with Gasteiger partial charge in [0.25, 0.3) is 0 Å². The SMILES string of the molecule is Cc1nnc2ccc(N3CC(N(C)C4CCN(C(C)C)C4=O)C3)nn12. The van der Waals surface area contributed by atoms with Crippen LogP contribution in [0.3, 0.4) is 0 Å². The Hall–Kier alpha value is -2.22. The van der Waals surface area contributed by atoms with Gasteiger partial charge in [-0.05, 0) is 46.4 Å². The van der Waals surface area contributed by atoms with Gasteiger partial charge in [-0.15, -0.1) is 15.3 Å². The molecule has 1 amide bonds. The third-order valence-corrected chi connectivity index (χ3v) is 5.49. The van der Waals surface area contributed by atoms with Gasteiger partial charge in [-0.2, -0.15) is 4.52 Å². The fourth-order valence-electron chi connectivity index (χ4n) is 3.79. The quantitative estimate of drug-likeness (QED) is 0.808. The number of hydrogen-bond donors (Lipinski definition) is 0. The van der Waals surface area contributed by atoms with Crippen LogP contribution in [-0.2, 0) is 4.79 Å². The van der Waals surface area contributed by atoms with Crippen LogP contribution in [0.1, 0.15) is 26.1 Å². The van der Waals surface area contributed by atoms with Crippen LogP contribution >= 0.6 is 0 Å². The highest BCUT2D eigenvalue weighted by Gasteiger charge is 2.41. The first-order valence-electron chi connectivity index (χ1n) is 8.92. The lowest BCUT2D eigenvalue weighted by molar-refractivity contribution is -0.133. The molecule has 0 bridgehead atoms. The molecule has 2 aromatic heterocycles. The second kappa shape index (κ2) is 5.94. The molecular weight excluding hydrogens is 318 g/mol. The van der Waals surface area contributed by atoms with Crippen LogP contribution in [0.4, 0.5) is 5.82 Å². The van der Waals surface area contributed by atoms with Gasteiger partial charge >= 0.3 is 0 Å². The second-order valence-corrected chi connectivity index (χ2v) is 7.36. The Balaban J connectivity index is 1.41. The van der Waals surface area contributed by atoms with Crippen molar-refractivity contribution in [3.63, 3.8) is 0 Å². The molecule has 0 spiro atoms. The highest BCUT2D eigenvalue weighted by Crippen LogP contribution is 2.26. The van der Waals surface area contributed by atoms with Crippen molar-refractivity contribution in [3.8, 4) is 0 Å². The minimum atomic E-state index is 0.0186. The third-order valence-electron chi connectivity index (χ3n) is 5.49. The smallest absolute Gasteiger partial charge is 0.240 e. The Morgan fingerprint density at radius 3 is 2.68 bits per heavy atom. The van der Waals surface area contributed by atoms with Gasteiger partial charge in [0.2, 0.25) is 5.91 Å². The van der Waals surface area contributed by atoms with Crippen LogP contribution in [0, 0.1) is 6.92 Å². The van der Waals surface area contributed by atoms with Crippen molar-refractivity contribution in [1.29, 1.82) is 0 Å². The van der Waals surface area contributed by atoms with Crippen molar-refractivity contribution in [2.75, 3.05) is 31.6 Å². The lowest BCUT2D eigenvalue weighted by Gasteiger charge is -2.46. The van der Waals surface area contributed by atoms with E-state index in [1.807, 2.05) is 24.0 Å². The van der Waals surface area contributed by atoms with E-state index in [2.05, 4.69) is 46.0 Å². The molecule has 134 valence electrons. The minimum absolute atomic E-state index is 0.0186. The lowest BCUT2D eigenvalue weighted by atomic mass is 10.0. The Morgan fingerprint density at radius 2 is 2.00 bits per heavy atom. The number of aryl methyl sites for hydroxylation is 1. The predicted molar refractivity (Wildman–Crippen MR) is 94.5 cm³/mol. The summed E-state index contributed by atoms with van der Waals surface area (Å²) in [6.07, 6.45) is 0.925. The molecule has 1 unspecified atom stereocenters. The zero-order valence-corrected chi connectivity index (χ0v) is 15.3. The monoisotopic (exact) mass is 343 g/mol. The van der Waals surface area contributed by atoms with Crippen molar-refractivity contribution in [3.05, 3.63) is 18.0 Å². The molecule has 2 aliphatic heterocycles. The maximum Gasteiger partial charge on any atom is 0.240 e. The van der Waals surface area contributed by atoms with Crippen LogP contribution < -0.4 is 4.90 Å². The summed E-state index contributed by atoms with van der Waals surface area (Å²) in [7, 11) is 2.08. The first-order valence-corrected chi connectivity index (χ1v) is 8.92. The molecule has 0 saturated carbocycles. The Bertz CT molecular complexity index is 795. The van der Waals surface area contributed by atoms with E-state index in [4.69, 9.17) is 0 Å². The summed E-state index contributed by atoms with van der Waals surface area (Å²) in [5.41, 5.74) is 0.765. The lowest BCUT2D eigenvalue weighted by Crippen LogP contribution is -2.62. The van der Waals surface area contributed by atoms with Gasteiger partial charge < -0.3 is 9.80 Å². The van der Waals surface area contributed by atoms with Gasteiger partial charge in [0.15, 0.2) is 11.5 Å². The molecule has 4 heterocycles. The zero-order chi connectivity index (χ0) is 17.7. The zero-order valence-electron chi connectivity index (χ0n) is 15.3. The number of likely N-dealkylation sites (tertiary alicyclic amines) is 1. The van der Waals surface area contributed by atoms with E-state index in [1.54, 1.807) is 4.52 Å². The fourth-order valence-corrected chi connectivity index (χ4v) is 3.79. The minimum Gasteiger partial charge on any atom is -0.352 e. The average Bonchev–Trinajstić information content (AvgIpc) is 3.09. The molecule has 2 aromatic rings. The van der Waals surface area contributed by atoms with E-state index in [1.165, 1.54) is 0 Å². The van der Waals surface area contributed by atoms with E-state index in [9.17, 15) is 4.79 Å². The largest absolute Gasteiger partial charge is 0.352 e. The molecule has 2 fully saturated rings. The standard InChI is InChI=1S/C17H25N7O/c1-11(2)23-8-7-14(17(23)25)21(4)13-9-22(10-13)16-6-5-15-19-18-12(3)24(15)20-16/h5-6,11,13-14H,7-10H2,1-4H3. The number of aromatic nitrogens is 4. The van der Waals surface area contributed by atoms with E-state index < -0.39 is 0 Å². The van der Waals surface area contributed by atoms with E-state index in [-0.39, 0.29) is 18.0 Å². The van der Waals surface area contributed by atoms with E-state index >= 15 is 0 Å². The van der Waals surface area contributed by atoms with Gasteiger partial charge in [0.1, 0.15) is 5.82 Å². The molecule has 0 N–H and O–H groups in total. The normalized spacial score (nSPS) is 21.8. The summed E-state index contributed by atoms with van der Waals surface area (Å²) in [5, 5.41) is 12.7. The van der Waals surface area contributed by atoms with Crippen LogP contribution in [-0.4, -0.2) is 80.3 Å². The second-order valence-electron chi connectivity index (χ2n) is 7.36. The first-order chi connectivity index (χ1) is 12.0. The van der Waals surface area contributed by atoms with Gasteiger partial charge in [-0.1, -0.05) is 0 Å². The van der Waals surface area contributed by atoms with Crippen LogP contribution in [0.15, 0.2) is 12.1 Å². The van der Waals surface area contributed by atoms with Gasteiger partial charge in [0, 0.05) is 31.7 Å². The van der Waals surface area contributed by atoms with Crippen molar-refractivity contribution in [2.45, 2.75) is 45.3 Å². The Morgan fingerprint density at radius 1 is 1.24 bits per heavy atom. The van der Waals surface area contributed by atoms with Crippen LogP contribution in [0.2, 0.25) is 0 Å². The number of amides is 1. The molecule has 8 nitrogen and oxygen atoms in total. The number of anilines is 1. The van der Waals surface area contributed by atoms with Crippen molar-refractivity contribution < 1.29 is 4.79 Å². The maximum absolute atomic E-state index is 12.6. The number of rotatable bonds is 4. The predicted octanol–water partition coefficient (Wildman–Crippen LogP) is 0.562. The summed E-state index contributed by atoms with van der Waals surface area (Å²) in [4.78, 5) is 19.1. The van der Waals surface area contributed by atoms with Gasteiger partial charge in [-0.3, -0.25) is 9.69 Å². The number of nitrogens with zero attached hydrogens (tertiary/aromatic N) is 7. The molecule has 1 atom stereocenters. The van der Waals surface area contributed by atoms with E-state index in [0.29, 0.717) is 6.04 Å². The van der Waals surface area contributed by atoms with E-state index in [0.717, 1.165) is 43.3 Å². The molecular formula is C17H25N7O. The third kappa shape index (κ3) is 2.64. The molecule has 0 aliphatic carbocycles. The van der Waals surface area contributed by atoms with Crippen molar-refractivity contribution in [1.82, 2.24) is 29.6 Å². The number of carbonyl (C=O) groups is 1. The van der Waals surface area contributed by atoms with Crippen molar-refractivity contribution in [2.24, 2.45) is 0 Å². The highest BCUT2D eigenvalue weighted by atomic mass is 16.2. The number of hydrogen-bond acceptors (Lipinski definition) is 6. The summed E-state index contributed by atoms with van der Waals surface area (Å²) >= 11 is 0. The molecule has 0 radical (unpaired) electrons. The number of carbonyl (C=O) groups excluding carboxylic acids is 1. The summed E-state index contributed by atoms with van der Waals surface area (Å²) in [5.74, 6) is 1.99. The summed E-state index contributed by atoms with van der Waals surface area (Å²) in [6.45, 7) is 8.71. The highest BCUT2D eigenvalue weighted by molar-refractivity contribution is 5.84. The fraction of sp³-hybridized carbons (Fsp3) is 0.647. The molecule has 25 heavy (non-hydrogen) atoms. The Kier molecular flexibility index (Phi) is 3.87.